The number of carbonyl (C=O) groups excluding carboxylic acids is 1. The van der Waals surface area contributed by atoms with Gasteiger partial charge in [-0.1, -0.05) is 18.2 Å². The summed E-state index contributed by atoms with van der Waals surface area (Å²) < 4.78 is 13.5. The first-order chi connectivity index (χ1) is 8.68. The molecule has 1 fully saturated rings. The van der Waals surface area contributed by atoms with Gasteiger partial charge in [0, 0.05) is 38.8 Å². The lowest BCUT2D eigenvalue weighted by Gasteiger charge is -2.28. The molecule has 4 nitrogen and oxygen atoms in total. The molecule has 0 saturated carbocycles. The Hall–Kier alpha value is -1.46. The summed E-state index contributed by atoms with van der Waals surface area (Å²) >= 11 is 0. The molecule has 2 N–H and O–H groups in total. The van der Waals surface area contributed by atoms with Crippen molar-refractivity contribution in [2.45, 2.75) is 12.6 Å². The highest BCUT2D eigenvalue weighted by atomic mass is 19.1. The van der Waals surface area contributed by atoms with Crippen LogP contribution in [0.15, 0.2) is 24.3 Å². The summed E-state index contributed by atoms with van der Waals surface area (Å²) in [6.45, 7) is 2.58. The van der Waals surface area contributed by atoms with Crippen LogP contribution in [-0.2, 0) is 11.3 Å². The zero-order valence-electron chi connectivity index (χ0n) is 10.4. The molecule has 18 heavy (non-hydrogen) atoms. The first-order valence-electron chi connectivity index (χ1n) is 6.11. The Labute approximate surface area is 106 Å². The van der Waals surface area contributed by atoms with Crippen LogP contribution in [0.2, 0.25) is 0 Å². The van der Waals surface area contributed by atoms with Gasteiger partial charge in [-0.2, -0.15) is 0 Å². The fourth-order valence-electron chi connectivity index (χ4n) is 2.05. The van der Waals surface area contributed by atoms with Gasteiger partial charge in [-0.3, -0.25) is 4.79 Å². The Bertz CT molecular complexity index is 418. The average Bonchev–Trinajstić information content (AvgIpc) is 2.41. The van der Waals surface area contributed by atoms with Gasteiger partial charge in [-0.25, -0.2) is 4.39 Å². The van der Waals surface area contributed by atoms with Crippen LogP contribution in [0.25, 0.3) is 0 Å². The van der Waals surface area contributed by atoms with Crippen LogP contribution >= 0.6 is 0 Å². The van der Waals surface area contributed by atoms with E-state index in [0.717, 1.165) is 13.1 Å². The number of piperazine rings is 1. The van der Waals surface area contributed by atoms with Crippen LogP contribution in [-0.4, -0.2) is 43.5 Å². The molecule has 0 radical (unpaired) electrons. The maximum atomic E-state index is 13.5. The summed E-state index contributed by atoms with van der Waals surface area (Å²) in [5, 5.41) is 6.31. The number of halogens is 1. The topological polar surface area (TPSA) is 44.4 Å². The molecule has 1 saturated heterocycles. The number of carbonyl (C=O) groups is 1. The minimum atomic E-state index is -0.271. The molecule has 1 heterocycles. The van der Waals surface area contributed by atoms with Crippen LogP contribution in [0, 0.1) is 5.82 Å². The van der Waals surface area contributed by atoms with Crippen LogP contribution in [0.3, 0.4) is 0 Å². The average molecular weight is 251 g/mol. The van der Waals surface area contributed by atoms with E-state index in [1.54, 1.807) is 30.1 Å². The zero-order chi connectivity index (χ0) is 13.0. The maximum absolute atomic E-state index is 13.5. The van der Waals surface area contributed by atoms with Gasteiger partial charge < -0.3 is 15.5 Å². The highest BCUT2D eigenvalue weighted by Gasteiger charge is 2.23. The number of benzene rings is 1. The van der Waals surface area contributed by atoms with Crippen molar-refractivity contribution in [2.24, 2.45) is 0 Å². The monoisotopic (exact) mass is 251 g/mol. The molecule has 0 bridgehead atoms. The third kappa shape index (κ3) is 3.05. The second-order valence-corrected chi connectivity index (χ2v) is 4.50. The number of nitrogens with zero attached hydrogens (tertiary/aromatic N) is 1. The Balaban J connectivity index is 1.96. The molecule has 0 aromatic heterocycles. The van der Waals surface area contributed by atoms with Crippen LogP contribution in [0.5, 0.6) is 0 Å². The van der Waals surface area contributed by atoms with E-state index in [9.17, 15) is 9.18 Å². The van der Waals surface area contributed by atoms with E-state index in [1.165, 1.54) is 6.07 Å². The van der Waals surface area contributed by atoms with E-state index in [4.69, 9.17) is 0 Å². The number of rotatable bonds is 3. The normalized spacial score (nSPS) is 19.6. The van der Waals surface area contributed by atoms with E-state index >= 15 is 0 Å². The van der Waals surface area contributed by atoms with E-state index in [0.29, 0.717) is 18.7 Å². The number of amides is 1. The molecular weight excluding hydrogens is 233 g/mol. The molecule has 5 heteroatoms. The first-order valence-corrected chi connectivity index (χ1v) is 6.11. The molecule has 1 aliphatic heterocycles. The second-order valence-electron chi connectivity index (χ2n) is 4.50. The van der Waals surface area contributed by atoms with Crippen molar-refractivity contribution in [1.82, 2.24) is 15.5 Å². The van der Waals surface area contributed by atoms with Crippen molar-refractivity contribution in [2.75, 3.05) is 26.7 Å². The summed E-state index contributed by atoms with van der Waals surface area (Å²) in [6.07, 6.45) is 0. The van der Waals surface area contributed by atoms with Crippen LogP contribution < -0.4 is 10.6 Å². The Morgan fingerprint density at radius 3 is 2.89 bits per heavy atom. The molecule has 1 aliphatic rings. The molecule has 2 rings (SSSR count). The summed E-state index contributed by atoms with van der Waals surface area (Å²) in [7, 11) is 1.70. The number of likely N-dealkylation sites (N-methyl/N-ethyl adjacent to an activating group) is 1. The fraction of sp³-hybridized carbons (Fsp3) is 0.462. The number of hydrogen-bond acceptors (Lipinski definition) is 3. The summed E-state index contributed by atoms with van der Waals surface area (Å²) in [5.41, 5.74) is 0.539. The summed E-state index contributed by atoms with van der Waals surface area (Å²) in [6, 6.07) is 6.32. The highest BCUT2D eigenvalue weighted by Crippen LogP contribution is 2.09. The van der Waals surface area contributed by atoms with Crippen LogP contribution in [0.1, 0.15) is 5.56 Å². The summed E-state index contributed by atoms with van der Waals surface area (Å²) in [5.74, 6) is -0.280. The lowest BCUT2D eigenvalue weighted by atomic mass is 10.1. The lowest BCUT2D eigenvalue weighted by molar-refractivity contribution is -0.132. The molecule has 1 unspecified atom stereocenters. The van der Waals surface area contributed by atoms with Crippen molar-refractivity contribution in [1.29, 1.82) is 0 Å². The fourth-order valence-corrected chi connectivity index (χ4v) is 2.05. The molecule has 0 spiro atoms. The van der Waals surface area contributed by atoms with E-state index in [2.05, 4.69) is 10.6 Å². The van der Waals surface area contributed by atoms with Gasteiger partial charge in [-0.15, -0.1) is 0 Å². The molecule has 1 aromatic rings. The molecule has 1 aromatic carbocycles. The maximum Gasteiger partial charge on any atom is 0.241 e. The molecule has 98 valence electrons. The number of nitrogens with one attached hydrogen (secondary N) is 2. The van der Waals surface area contributed by atoms with E-state index < -0.39 is 0 Å². The van der Waals surface area contributed by atoms with Crippen molar-refractivity contribution in [3.05, 3.63) is 35.6 Å². The SMILES string of the molecule is CN(Cc1ccccc1F)C(=O)C1CNCCN1. The Morgan fingerprint density at radius 1 is 1.44 bits per heavy atom. The van der Waals surface area contributed by atoms with Gasteiger partial charge in [0.1, 0.15) is 5.82 Å². The molecular formula is C13H18FN3O. The van der Waals surface area contributed by atoms with Gasteiger partial charge in [0.15, 0.2) is 0 Å². The van der Waals surface area contributed by atoms with Crippen LogP contribution in [0.4, 0.5) is 4.39 Å². The van der Waals surface area contributed by atoms with Gasteiger partial charge >= 0.3 is 0 Å². The predicted octanol–water partition coefficient (Wildman–Crippen LogP) is 0.346. The van der Waals surface area contributed by atoms with Gasteiger partial charge in [0.05, 0.1) is 6.04 Å². The van der Waals surface area contributed by atoms with Gasteiger partial charge in [0.2, 0.25) is 5.91 Å². The predicted molar refractivity (Wildman–Crippen MR) is 67.5 cm³/mol. The third-order valence-corrected chi connectivity index (χ3v) is 3.08. The third-order valence-electron chi connectivity index (χ3n) is 3.08. The highest BCUT2D eigenvalue weighted by molar-refractivity contribution is 5.82. The minimum absolute atomic E-state index is 0.00884. The van der Waals surface area contributed by atoms with E-state index in [-0.39, 0.29) is 17.8 Å². The zero-order valence-corrected chi connectivity index (χ0v) is 10.4. The number of hydrogen-bond donors (Lipinski definition) is 2. The van der Waals surface area contributed by atoms with Gasteiger partial charge in [-0.05, 0) is 6.07 Å². The summed E-state index contributed by atoms with van der Waals surface area (Å²) in [4.78, 5) is 13.7. The van der Waals surface area contributed by atoms with Crippen molar-refractivity contribution in [3.63, 3.8) is 0 Å². The van der Waals surface area contributed by atoms with E-state index in [1.807, 2.05) is 0 Å². The quantitative estimate of drug-likeness (QED) is 0.814. The standard InChI is InChI=1S/C13H18FN3O/c1-17(9-10-4-2-3-5-11(10)14)13(18)12-8-15-6-7-16-12/h2-5,12,15-16H,6-9H2,1H3. The van der Waals surface area contributed by atoms with Crippen molar-refractivity contribution < 1.29 is 9.18 Å². The minimum Gasteiger partial charge on any atom is -0.340 e. The lowest BCUT2D eigenvalue weighted by Crippen LogP contribution is -2.55. The first kappa shape index (κ1) is 13.0. The smallest absolute Gasteiger partial charge is 0.241 e. The molecule has 1 atom stereocenters. The Morgan fingerprint density at radius 2 is 2.22 bits per heavy atom. The largest absolute Gasteiger partial charge is 0.340 e. The van der Waals surface area contributed by atoms with Gasteiger partial charge in [0.25, 0.3) is 0 Å². The second kappa shape index (κ2) is 5.93. The van der Waals surface area contributed by atoms with Crippen molar-refractivity contribution in [3.8, 4) is 0 Å². The molecule has 1 amide bonds. The Kier molecular flexibility index (Phi) is 4.28. The van der Waals surface area contributed by atoms with Crippen molar-refractivity contribution >= 4 is 5.91 Å². The molecule has 0 aliphatic carbocycles.